The molecule has 2 heteroatoms. The largest absolute Gasteiger partial charge is 0.338 e. The molecule has 16 heavy (non-hydrogen) atoms. The molecule has 0 bridgehead atoms. The van der Waals surface area contributed by atoms with Crippen LogP contribution in [0.2, 0.25) is 0 Å². The standard InChI is InChI=1S/C14H15NO/c1-2-3-10-15-11-6-8-12-7-4-5-9-13(12)14(15)16/h1,4-5,7,9H,3,6,8,10-11H2. The maximum atomic E-state index is 12.2. The Morgan fingerprint density at radius 2 is 2.19 bits per heavy atom. The molecule has 0 atom stereocenters. The van der Waals surface area contributed by atoms with Crippen LogP contribution < -0.4 is 0 Å². The van der Waals surface area contributed by atoms with E-state index in [4.69, 9.17) is 6.42 Å². The van der Waals surface area contributed by atoms with Crippen molar-refractivity contribution in [3.05, 3.63) is 35.4 Å². The summed E-state index contributed by atoms with van der Waals surface area (Å²) in [6.07, 6.45) is 7.87. The first-order valence-corrected chi connectivity index (χ1v) is 5.63. The van der Waals surface area contributed by atoms with Crippen molar-refractivity contribution in [1.29, 1.82) is 0 Å². The molecule has 2 rings (SSSR count). The Labute approximate surface area is 96.3 Å². The molecule has 1 aromatic rings. The van der Waals surface area contributed by atoms with Crippen molar-refractivity contribution >= 4 is 5.91 Å². The molecule has 2 nitrogen and oxygen atoms in total. The van der Waals surface area contributed by atoms with Crippen LogP contribution in [0.4, 0.5) is 0 Å². The number of rotatable bonds is 2. The maximum absolute atomic E-state index is 12.2. The number of benzene rings is 1. The number of carbonyl (C=O) groups is 1. The predicted molar refractivity (Wildman–Crippen MR) is 64.1 cm³/mol. The van der Waals surface area contributed by atoms with E-state index in [1.165, 1.54) is 0 Å². The van der Waals surface area contributed by atoms with Crippen molar-refractivity contribution in [2.45, 2.75) is 19.3 Å². The predicted octanol–water partition coefficient (Wildman–Crippen LogP) is 2.10. The van der Waals surface area contributed by atoms with Gasteiger partial charge < -0.3 is 4.90 Å². The molecule has 0 N–H and O–H groups in total. The Balaban J connectivity index is 2.24. The van der Waals surface area contributed by atoms with Gasteiger partial charge in [-0.25, -0.2) is 0 Å². The van der Waals surface area contributed by atoms with Crippen LogP contribution in [0.3, 0.4) is 0 Å². The van der Waals surface area contributed by atoms with E-state index in [9.17, 15) is 4.79 Å². The van der Waals surface area contributed by atoms with E-state index >= 15 is 0 Å². The number of hydrogen-bond donors (Lipinski definition) is 0. The van der Waals surface area contributed by atoms with E-state index in [2.05, 4.69) is 5.92 Å². The monoisotopic (exact) mass is 213 g/mol. The van der Waals surface area contributed by atoms with Gasteiger partial charge >= 0.3 is 0 Å². The van der Waals surface area contributed by atoms with Crippen LogP contribution in [0.1, 0.15) is 28.8 Å². The van der Waals surface area contributed by atoms with Gasteiger partial charge in [0.1, 0.15) is 0 Å². The van der Waals surface area contributed by atoms with E-state index in [1.54, 1.807) is 0 Å². The molecule has 82 valence electrons. The van der Waals surface area contributed by atoms with E-state index in [0.717, 1.165) is 30.5 Å². The second-order valence-corrected chi connectivity index (χ2v) is 4.01. The van der Waals surface area contributed by atoms with Crippen molar-refractivity contribution in [2.75, 3.05) is 13.1 Å². The van der Waals surface area contributed by atoms with Gasteiger partial charge in [0, 0.05) is 25.1 Å². The molecule has 0 unspecified atom stereocenters. The van der Waals surface area contributed by atoms with Gasteiger partial charge in [-0.1, -0.05) is 18.2 Å². The number of terminal acetylenes is 1. The highest BCUT2D eigenvalue weighted by Gasteiger charge is 2.20. The molecule has 1 aliphatic rings. The number of carbonyl (C=O) groups excluding carboxylic acids is 1. The lowest BCUT2D eigenvalue weighted by Gasteiger charge is -2.19. The van der Waals surface area contributed by atoms with Crippen LogP contribution in [-0.4, -0.2) is 23.9 Å². The summed E-state index contributed by atoms with van der Waals surface area (Å²) in [5.41, 5.74) is 2.01. The molecule has 0 aromatic heterocycles. The second-order valence-electron chi connectivity index (χ2n) is 4.01. The summed E-state index contributed by atoms with van der Waals surface area (Å²) < 4.78 is 0. The lowest BCUT2D eigenvalue weighted by Crippen LogP contribution is -2.31. The third kappa shape index (κ3) is 2.09. The molecule has 0 fully saturated rings. The second kappa shape index (κ2) is 4.85. The zero-order valence-electron chi connectivity index (χ0n) is 9.28. The Hall–Kier alpha value is -1.75. The highest BCUT2D eigenvalue weighted by atomic mass is 16.2. The van der Waals surface area contributed by atoms with Crippen LogP contribution in [-0.2, 0) is 6.42 Å². The summed E-state index contributed by atoms with van der Waals surface area (Å²) in [5, 5.41) is 0. The van der Waals surface area contributed by atoms with Gasteiger partial charge in [0.15, 0.2) is 0 Å². The minimum Gasteiger partial charge on any atom is -0.338 e. The molecule has 1 heterocycles. The van der Waals surface area contributed by atoms with Crippen LogP contribution >= 0.6 is 0 Å². The van der Waals surface area contributed by atoms with Crippen molar-refractivity contribution in [1.82, 2.24) is 4.90 Å². The van der Waals surface area contributed by atoms with Gasteiger partial charge in [-0.3, -0.25) is 4.79 Å². The van der Waals surface area contributed by atoms with Crippen molar-refractivity contribution in [3.63, 3.8) is 0 Å². The zero-order chi connectivity index (χ0) is 11.4. The van der Waals surface area contributed by atoms with Crippen molar-refractivity contribution < 1.29 is 4.79 Å². The summed E-state index contributed by atoms with van der Waals surface area (Å²) in [6, 6.07) is 7.86. The van der Waals surface area contributed by atoms with E-state index < -0.39 is 0 Å². The molecule has 1 aromatic carbocycles. The Morgan fingerprint density at radius 1 is 1.38 bits per heavy atom. The SMILES string of the molecule is C#CCCN1CCCc2ccccc2C1=O. The molecule has 0 saturated carbocycles. The van der Waals surface area contributed by atoms with E-state index in [1.807, 2.05) is 29.2 Å². The number of nitrogens with zero attached hydrogens (tertiary/aromatic N) is 1. The third-order valence-electron chi connectivity index (χ3n) is 2.94. The maximum Gasteiger partial charge on any atom is 0.254 e. The summed E-state index contributed by atoms with van der Waals surface area (Å²) in [5.74, 6) is 2.71. The average Bonchev–Trinajstić information content (AvgIpc) is 2.47. The van der Waals surface area contributed by atoms with Crippen molar-refractivity contribution in [3.8, 4) is 12.3 Å². The molecule has 0 radical (unpaired) electrons. The Kier molecular flexibility index (Phi) is 3.26. The van der Waals surface area contributed by atoms with Gasteiger partial charge in [-0.2, -0.15) is 0 Å². The Morgan fingerprint density at radius 3 is 3.00 bits per heavy atom. The quantitative estimate of drug-likeness (QED) is 0.689. The topological polar surface area (TPSA) is 20.3 Å². The third-order valence-corrected chi connectivity index (χ3v) is 2.94. The molecule has 0 spiro atoms. The lowest BCUT2D eigenvalue weighted by molar-refractivity contribution is 0.0764. The summed E-state index contributed by atoms with van der Waals surface area (Å²) in [4.78, 5) is 14.1. The molecule has 1 aliphatic heterocycles. The summed E-state index contributed by atoms with van der Waals surface area (Å²) >= 11 is 0. The first kappa shape index (κ1) is 10.8. The molecular weight excluding hydrogens is 198 g/mol. The number of amides is 1. The highest BCUT2D eigenvalue weighted by Crippen LogP contribution is 2.18. The fourth-order valence-electron chi connectivity index (χ4n) is 2.09. The fourth-order valence-corrected chi connectivity index (χ4v) is 2.09. The number of hydrogen-bond acceptors (Lipinski definition) is 1. The normalized spacial score (nSPS) is 15.2. The van der Waals surface area contributed by atoms with Crippen LogP contribution in [0.15, 0.2) is 24.3 Å². The first-order valence-electron chi connectivity index (χ1n) is 5.63. The first-order chi connectivity index (χ1) is 7.83. The molecule has 1 amide bonds. The van der Waals surface area contributed by atoms with Gasteiger partial charge in [-0.05, 0) is 24.5 Å². The average molecular weight is 213 g/mol. The van der Waals surface area contributed by atoms with Crippen molar-refractivity contribution in [2.24, 2.45) is 0 Å². The molecular formula is C14H15NO. The van der Waals surface area contributed by atoms with Gasteiger partial charge in [0.25, 0.3) is 5.91 Å². The van der Waals surface area contributed by atoms with Gasteiger partial charge in [0.05, 0.1) is 0 Å². The molecule has 0 saturated heterocycles. The van der Waals surface area contributed by atoms with Crippen LogP contribution in [0.25, 0.3) is 0 Å². The zero-order valence-corrected chi connectivity index (χ0v) is 9.28. The minimum absolute atomic E-state index is 0.128. The summed E-state index contributed by atoms with van der Waals surface area (Å²) in [6.45, 7) is 1.48. The van der Waals surface area contributed by atoms with E-state index in [-0.39, 0.29) is 5.91 Å². The summed E-state index contributed by atoms with van der Waals surface area (Å²) in [7, 11) is 0. The molecule has 0 aliphatic carbocycles. The van der Waals surface area contributed by atoms with E-state index in [0.29, 0.717) is 13.0 Å². The number of fused-ring (bicyclic) bond motifs is 1. The smallest absolute Gasteiger partial charge is 0.254 e. The lowest BCUT2D eigenvalue weighted by atomic mass is 10.0. The van der Waals surface area contributed by atoms with Crippen LogP contribution in [0.5, 0.6) is 0 Å². The van der Waals surface area contributed by atoms with Gasteiger partial charge in [-0.15, -0.1) is 12.3 Å². The fraction of sp³-hybridized carbons (Fsp3) is 0.357. The highest BCUT2D eigenvalue weighted by molar-refractivity contribution is 5.96. The van der Waals surface area contributed by atoms with Crippen LogP contribution in [0, 0.1) is 12.3 Å². The number of aryl methyl sites for hydroxylation is 1. The Bertz CT molecular complexity index is 431. The minimum atomic E-state index is 0.128. The van der Waals surface area contributed by atoms with Gasteiger partial charge in [0.2, 0.25) is 0 Å².